The van der Waals surface area contributed by atoms with Gasteiger partial charge >= 0.3 is 0 Å². The van der Waals surface area contributed by atoms with Gasteiger partial charge in [-0.1, -0.05) is 13.8 Å². The van der Waals surface area contributed by atoms with Gasteiger partial charge in [-0.15, -0.1) is 0 Å². The van der Waals surface area contributed by atoms with Crippen molar-refractivity contribution in [2.75, 3.05) is 7.11 Å². The molecule has 15 heavy (non-hydrogen) atoms. The molecule has 0 aliphatic carbocycles. The predicted molar refractivity (Wildman–Crippen MR) is 66.5 cm³/mol. The van der Waals surface area contributed by atoms with Gasteiger partial charge in [-0.2, -0.15) is 4.99 Å². The van der Waals surface area contributed by atoms with E-state index in [9.17, 15) is 0 Å². The average molecular weight is 221 g/mol. The molecule has 1 rings (SSSR count). The van der Waals surface area contributed by atoms with Gasteiger partial charge in [-0.25, -0.2) is 0 Å². The van der Waals surface area contributed by atoms with Crippen molar-refractivity contribution in [3.63, 3.8) is 0 Å². The van der Waals surface area contributed by atoms with E-state index in [0.717, 1.165) is 22.6 Å². The number of aliphatic imine (C=N–C) groups is 1. The molecular weight excluding hydrogens is 206 g/mol. The van der Waals surface area contributed by atoms with Crippen LogP contribution in [0.1, 0.15) is 30.9 Å². The lowest BCUT2D eigenvalue weighted by Gasteiger charge is -2.13. The Kier molecular flexibility index (Phi) is 4.01. The number of hydrogen-bond acceptors (Lipinski definition) is 3. The van der Waals surface area contributed by atoms with E-state index in [1.54, 1.807) is 7.11 Å². The molecule has 0 spiro atoms. The number of hydrogen-bond donors (Lipinski definition) is 0. The smallest absolute Gasteiger partial charge is 0.122 e. The summed E-state index contributed by atoms with van der Waals surface area (Å²) in [7, 11) is 1.68. The third-order valence-electron chi connectivity index (χ3n) is 2.34. The van der Waals surface area contributed by atoms with Gasteiger partial charge in [0.25, 0.3) is 0 Å². The molecule has 0 fully saturated rings. The summed E-state index contributed by atoms with van der Waals surface area (Å²) in [6, 6.07) is 4.00. The Morgan fingerprint density at radius 3 is 2.53 bits per heavy atom. The highest BCUT2D eigenvalue weighted by atomic mass is 32.1. The second kappa shape index (κ2) is 5.06. The topological polar surface area (TPSA) is 21.6 Å². The monoisotopic (exact) mass is 221 g/mol. The standard InChI is InChI=1S/C12H15NOS/c1-8(2)10-6-11(13-7-15)9(3)5-12(10)14-4/h5-6,8H,1-4H3. The van der Waals surface area contributed by atoms with E-state index in [2.05, 4.69) is 36.2 Å². The van der Waals surface area contributed by atoms with Crippen LogP contribution >= 0.6 is 12.2 Å². The van der Waals surface area contributed by atoms with E-state index < -0.39 is 0 Å². The van der Waals surface area contributed by atoms with E-state index in [-0.39, 0.29) is 0 Å². The zero-order valence-corrected chi connectivity index (χ0v) is 10.3. The fourth-order valence-corrected chi connectivity index (χ4v) is 1.58. The molecule has 0 atom stereocenters. The molecule has 0 N–H and O–H groups in total. The zero-order valence-electron chi connectivity index (χ0n) is 9.50. The van der Waals surface area contributed by atoms with Gasteiger partial charge in [-0.05, 0) is 48.3 Å². The van der Waals surface area contributed by atoms with Crippen molar-refractivity contribution in [2.24, 2.45) is 4.99 Å². The first-order chi connectivity index (χ1) is 7.10. The van der Waals surface area contributed by atoms with Gasteiger partial charge < -0.3 is 4.74 Å². The molecule has 0 unspecified atom stereocenters. The second-order valence-electron chi connectivity index (χ2n) is 3.74. The van der Waals surface area contributed by atoms with E-state index in [4.69, 9.17) is 4.74 Å². The number of thiocarbonyl (C=S) groups is 1. The van der Waals surface area contributed by atoms with Crippen molar-refractivity contribution in [3.05, 3.63) is 23.3 Å². The van der Waals surface area contributed by atoms with Crippen LogP contribution in [-0.2, 0) is 0 Å². The molecule has 1 aromatic rings. The Morgan fingerprint density at radius 2 is 2.07 bits per heavy atom. The maximum Gasteiger partial charge on any atom is 0.122 e. The fourth-order valence-electron chi connectivity index (χ4n) is 1.48. The molecule has 0 saturated carbocycles. The van der Waals surface area contributed by atoms with Crippen molar-refractivity contribution < 1.29 is 4.74 Å². The summed E-state index contributed by atoms with van der Waals surface area (Å²) in [5.41, 5.74) is 3.07. The number of rotatable bonds is 3. The SMILES string of the molecule is COc1cc(C)c(N=C=S)cc1C(C)C. The lowest BCUT2D eigenvalue weighted by atomic mass is 9.99. The number of aryl methyl sites for hydroxylation is 1. The van der Waals surface area contributed by atoms with Gasteiger partial charge in [0.2, 0.25) is 0 Å². The summed E-state index contributed by atoms with van der Waals surface area (Å²) in [4.78, 5) is 4.03. The predicted octanol–water partition coefficient (Wildman–Crippen LogP) is 3.86. The molecule has 1 aromatic carbocycles. The average Bonchev–Trinajstić information content (AvgIpc) is 2.20. The lowest BCUT2D eigenvalue weighted by molar-refractivity contribution is 0.407. The van der Waals surface area contributed by atoms with Gasteiger partial charge in [-0.3, -0.25) is 0 Å². The number of nitrogens with zero attached hydrogens (tertiary/aromatic N) is 1. The molecule has 0 amide bonds. The minimum Gasteiger partial charge on any atom is -0.496 e. The number of ether oxygens (including phenoxy) is 1. The minimum absolute atomic E-state index is 0.402. The van der Waals surface area contributed by atoms with Crippen molar-refractivity contribution in [3.8, 4) is 5.75 Å². The van der Waals surface area contributed by atoms with Crippen molar-refractivity contribution in [2.45, 2.75) is 26.7 Å². The molecule has 0 radical (unpaired) electrons. The number of benzene rings is 1. The Bertz CT molecular complexity index is 406. The molecule has 0 aliphatic rings. The fraction of sp³-hybridized carbons (Fsp3) is 0.417. The van der Waals surface area contributed by atoms with Gasteiger partial charge in [0, 0.05) is 0 Å². The summed E-state index contributed by atoms with van der Waals surface area (Å²) in [5.74, 6) is 1.31. The van der Waals surface area contributed by atoms with E-state index >= 15 is 0 Å². The third kappa shape index (κ3) is 2.65. The largest absolute Gasteiger partial charge is 0.496 e. The van der Waals surface area contributed by atoms with E-state index in [1.165, 1.54) is 0 Å². The lowest BCUT2D eigenvalue weighted by Crippen LogP contribution is -1.95. The van der Waals surface area contributed by atoms with Crippen LogP contribution in [0, 0.1) is 6.92 Å². The second-order valence-corrected chi connectivity index (χ2v) is 3.92. The number of isothiocyanates is 1. The summed E-state index contributed by atoms with van der Waals surface area (Å²) >= 11 is 4.62. The highest BCUT2D eigenvalue weighted by molar-refractivity contribution is 7.78. The minimum atomic E-state index is 0.402. The first kappa shape index (κ1) is 11.9. The Balaban J connectivity index is 3.36. The summed E-state index contributed by atoms with van der Waals surface area (Å²) in [6.07, 6.45) is 0. The van der Waals surface area contributed by atoms with Crippen molar-refractivity contribution in [1.29, 1.82) is 0 Å². The van der Waals surface area contributed by atoms with Crippen LogP contribution in [0.15, 0.2) is 17.1 Å². The summed E-state index contributed by atoms with van der Waals surface area (Å²) in [5, 5.41) is 2.40. The highest BCUT2D eigenvalue weighted by Crippen LogP contribution is 2.32. The van der Waals surface area contributed by atoms with Crippen LogP contribution in [0.25, 0.3) is 0 Å². The van der Waals surface area contributed by atoms with Crippen LogP contribution in [0.5, 0.6) is 5.75 Å². The maximum atomic E-state index is 5.33. The zero-order chi connectivity index (χ0) is 11.4. The van der Waals surface area contributed by atoms with Crippen LogP contribution < -0.4 is 4.74 Å². The highest BCUT2D eigenvalue weighted by Gasteiger charge is 2.10. The van der Waals surface area contributed by atoms with Crippen LogP contribution in [0.2, 0.25) is 0 Å². The van der Waals surface area contributed by atoms with Crippen LogP contribution in [-0.4, -0.2) is 12.3 Å². The van der Waals surface area contributed by atoms with E-state index in [1.807, 2.05) is 19.1 Å². The quantitative estimate of drug-likeness (QED) is 0.571. The third-order valence-corrected chi connectivity index (χ3v) is 2.43. The Labute approximate surface area is 96.0 Å². The van der Waals surface area contributed by atoms with Crippen molar-refractivity contribution >= 4 is 23.1 Å². The Morgan fingerprint density at radius 1 is 1.40 bits per heavy atom. The normalized spacial score (nSPS) is 9.93. The molecule has 0 saturated heterocycles. The van der Waals surface area contributed by atoms with E-state index in [0.29, 0.717) is 5.92 Å². The van der Waals surface area contributed by atoms with Crippen molar-refractivity contribution in [1.82, 2.24) is 0 Å². The van der Waals surface area contributed by atoms with Gasteiger partial charge in [0.1, 0.15) is 5.75 Å². The molecule has 0 heterocycles. The summed E-state index contributed by atoms with van der Waals surface area (Å²) in [6.45, 7) is 6.23. The molecule has 0 aliphatic heterocycles. The molecule has 3 heteroatoms. The number of methoxy groups -OCH3 is 1. The first-order valence-corrected chi connectivity index (χ1v) is 5.27. The summed E-state index contributed by atoms with van der Waals surface area (Å²) < 4.78 is 5.33. The Hall–Kier alpha value is -1.18. The molecular formula is C12H15NOS. The molecule has 0 aromatic heterocycles. The molecule has 2 nitrogen and oxygen atoms in total. The molecule has 0 bridgehead atoms. The van der Waals surface area contributed by atoms with Crippen LogP contribution in [0.4, 0.5) is 5.69 Å². The first-order valence-electron chi connectivity index (χ1n) is 4.86. The van der Waals surface area contributed by atoms with Gasteiger partial charge in [0.15, 0.2) is 0 Å². The van der Waals surface area contributed by atoms with Crippen LogP contribution in [0.3, 0.4) is 0 Å². The maximum absolute atomic E-state index is 5.33. The van der Waals surface area contributed by atoms with Gasteiger partial charge in [0.05, 0.1) is 18.0 Å². The molecule has 80 valence electrons.